The SMILES string of the molecule is CC1(C(=O)O)CN(Cc2cccc3c2ccn3S(=O)(=O)c2ccccc2)CCN1C(=O)O. The number of carboxylic acid groups (broad SMARTS) is 2. The maximum Gasteiger partial charge on any atom is 0.408 e. The lowest BCUT2D eigenvalue weighted by molar-refractivity contribution is -0.153. The first-order valence-electron chi connectivity index (χ1n) is 10.0. The molecule has 2 heterocycles. The van der Waals surface area contributed by atoms with Gasteiger partial charge in [0, 0.05) is 37.8 Å². The molecule has 2 N–H and O–H groups in total. The molecule has 0 radical (unpaired) electrons. The van der Waals surface area contributed by atoms with Crippen LogP contribution < -0.4 is 0 Å². The molecule has 168 valence electrons. The predicted molar refractivity (Wildman–Crippen MR) is 117 cm³/mol. The maximum atomic E-state index is 13.1. The van der Waals surface area contributed by atoms with E-state index in [9.17, 15) is 28.2 Å². The van der Waals surface area contributed by atoms with Gasteiger partial charge < -0.3 is 10.2 Å². The van der Waals surface area contributed by atoms with Crippen molar-refractivity contribution in [3.8, 4) is 0 Å². The van der Waals surface area contributed by atoms with Crippen molar-refractivity contribution in [1.82, 2.24) is 13.8 Å². The normalized spacial score (nSPS) is 19.8. The van der Waals surface area contributed by atoms with Gasteiger partial charge in [-0.05, 0) is 36.8 Å². The molecule has 1 atom stereocenters. The molecular formula is C22H23N3O6S. The number of carbonyl (C=O) groups is 2. The molecule has 1 aliphatic heterocycles. The van der Waals surface area contributed by atoms with Crippen LogP contribution >= 0.6 is 0 Å². The molecule has 3 aromatic rings. The van der Waals surface area contributed by atoms with E-state index in [1.165, 1.54) is 17.1 Å². The highest BCUT2D eigenvalue weighted by Gasteiger charge is 2.46. The number of carboxylic acids is 1. The summed E-state index contributed by atoms with van der Waals surface area (Å²) in [5.41, 5.74) is -0.210. The molecule has 1 amide bonds. The van der Waals surface area contributed by atoms with E-state index < -0.39 is 27.6 Å². The van der Waals surface area contributed by atoms with Crippen LogP contribution in [0.2, 0.25) is 0 Å². The smallest absolute Gasteiger partial charge is 0.408 e. The number of amides is 1. The van der Waals surface area contributed by atoms with Crippen molar-refractivity contribution in [2.45, 2.75) is 23.9 Å². The summed E-state index contributed by atoms with van der Waals surface area (Å²) < 4.78 is 27.4. The molecule has 1 aromatic heterocycles. The third kappa shape index (κ3) is 3.61. The molecule has 0 bridgehead atoms. The van der Waals surface area contributed by atoms with E-state index in [0.717, 1.165) is 15.8 Å². The van der Waals surface area contributed by atoms with Gasteiger partial charge in [-0.15, -0.1) is 0 Å². The maximum absolute atomic E-state index is 13.1. The molecule has 1 unspecified atom stereocenters. The summed E-state index contributed by atoms with van der Waals surface area (Å²) in [6.45, 7) is 2.22. The standard InChI is InChI=1S/C22H23N3O6S/c1-22(20(26)27)15-23(12-13-24(22)21(28)29)14-16-6-5-9-19-18(16)10-11-25(19)32(30,31)17-7-3-2-4-8-17/h2-11H,12-15H2,1H3,(H,26,27)(H,28,29). The van der Waals surface area contributed by atoms with Crippen LogP contribution in [-0.2, 0) is 21.4 Å². The predicted octanol–water partition coefficient (Wildman–Crippen LogP) is 2.52. The summed E-state index contributed by atoms with van der Waals surface area (Å²) in [6.07, 6.45) is 0.250. The van der Waals surface area contributed by atoms with Crippen LogP contribution in [0, 0.1) is 0 Å². The monoisotopic (exact) mass is 457 g/mol. The van der Waals surface area contributed by atoms with Crippen molar-refractivity contribution < 1.29 is 28.2 Å². The Morgan fingerprint density at radius 2 is 1.72 bits per heavy atom. The van der Waals surface area contributed by atoms with E-state index in [1.54, 1.807) is 48.5 Å². The number of rotatable bonds is 5. The van der Waals surface area contributed by atoms with Crippen molar-refractivity contribution in [3.05, 3.63) is 66.4 Å². The quantitative estimate of drug-likeness (QED) is 0.604. The molecule has 32 heavy (non-hydrogen) atoms. The van der Waals surface area contributed by atoms with Crippen LogP contribution in [0.5, 0.6) is 0 Å². The summed E-state index contributed by atoms with van der Waals surface area (Å²) in [4.78, 5) is 26.4. The molecule has 1 aliphatic rings. The summed E-state index contributed by atoms with van der Waals surface area (Å²) in [5, 5.41) is 19.8. The van der Waals surface area contributed by atoms with Crippen molar-refractivity contribution in [1.29, 1.82) is 0 Å². The minimum Gasteiger partial charge on any atom is -0.479 e. The second-order valence-electron chi connectivity index (χ2n) is 8.00. The van der Waals surface area contributed by atoms with Crippen LogP contribution in [0.25, 0.3) is 10.9 Å². The third-order valence-electron chi connectivity index (χ3n) is 5.94. The Kier molecular flexibility index (Phi) is 5.43. The Balaban J connectivity index is 1.66. The fraction of sp³-hybridized carbons (Fsp3) is 0.273. The Bertz CT molecular complexity index is 1290. The first-order valence-corrected chi connectivity index (χ1v) is 11.4. The van der Waals surface area contributed by atoms with Crippen molar-refractivity contribution in [2.24, 2.45) is 0 Å². The molecule has 1 fully saturated rings. The van der Waals surface area contributed by atoms with Crippen molar-refractivity contribution >= 4 is 33.0 Å². The van der Waals surface area contributed by atoms with E-state index in [4.69, 9.17) is 0 Å². The number of hydrogen-bond acceptors (Lipinski definition) is 5. The van der Waals surface area contributed by atoms with Crippen molar-refractivity contribution in [2.75, 3.05) is 19.6 Å². The molecule has 0 aliphatic carbocycles. The van der Waals surface area contributed by atoms with E-state index >= 15 is 0 Å². The Morgan fingerprint density at radius 3 is 2.38 bits per heavy atom. The van der Waals surface area contributed by atoms with Gasteiger partial charge in [-0.25, -0.2) is 22.0 Å². The lowest BCUT2D eigenvalue weighted by Gasteiger charge is -2.44. The zero-order valence-corrected chi connectivity index (χ0v) is 18.2. The van der Waals surface area contributed by atoms with Crippen LogP contribution in [0.1, 0.15) is 12.5 Å². The van der Waals surface area contributed by atoms with Gasteiger partial charge in [0.15, 0.2) is 5.54 Å². The molecule has 4 rings (SSSR count). The first kappa shape index (κ1) is 21.8. The highest BCUT2D eigenvalue weighted by Crippen LogP contribution is 2.28. The number of aromatic nitrogens is 1. The molecular weight excluding hydrogens is 434 g/mol. The summed E-state index contributed by atoms with van der Waals surface area (Å²) in [5.74, 6) is -1.21. The summed E-state index contributed by atoms with van der Waals surface area (Å²) in [6, 6.07) is 15.2. The lowest BCUT2D eigenvalue weighted by atomic mass is 9.96. The van der Waals surface area contributed by atoms with Crippen LogP contribution in [-0.4, -0.2) is 69.6 Å². The van der Waals surface area contributed by atoms with Crippen LogP contribution in [0.3, 0.4) is 0 Å². The van der Waals surface area contributed by atoms with Gasteiger partial charge in [0.2, 0.25) is 0 Å². The van der Waals surface area contributed by atoms with Gasteiger partial charge >= 0.3 is 12.1 Å². The van der Waals surface area contributed by atoms with Crippen LogP contribution in [0.15, 0.2) is 65.7 Å². The largest absolute Gasteiger partial charge is 0.479 e. The minimum absolute atomic E-state index is 0.0219. The van der Waals surface area contributed by atoms with E-state index in [1.807, 2.05) is 11.0 Å². The number of piperazine rings is 1. The molecule has 10 heteroatoms. The molecule has 9 nitrogen and oxygen atoms in total. The Hall–Kier alpha value is -3.37. The van der Waals surface area contributed by atoms with Gasteiger partial charge in [0.1, 0.15) is 0 Å². The zero-order valence-electron chi connectivity index (χ0n) is 17.4. The minimum atomic E-state index is -3.77. The van der Waals surface area contributed by atoms with E-state index in [2.05, 4.69) is 0 Å². The molecule has 1 saturated heterocycles. The van der Waals surface area contributed by atoms with Gasteiger partial charge in [-0.1, -0.05) is 30.3 Å². The molecule has 0 saturated carbocycles. The number of aliphatic carboxylic acids is 1. The first-order chi connectivity index (χ1) is 15.1. The van der Waals surface area contributed by atoms with E-state index in [0.29, 0.717) is 18.6 Å². The number of benzene rings is 2. The fourth-order valence-corrected chi connectivity index (χ4v) is 5.58. The second-order valence-corrected chi connectivity index (χ2v) is 9.82. The van der Waals surface area contributed by atoms with E-state index in [-0.39, 0.29) is 18.0 Å². The number of hydrogen-bond donors (Lipinski definition) is 2. The summed E-state index contributed by atoms with van der Waals surface area (Å²) in [7, 11) is -3.77. The second kappa shape index (κ2) is 7.95. The highest BCUT2D eigenvalue weighted by molar-refractivity contribution is 7.90. The average Bonchev–Trinajstić information content (AvgIpc) is 3.20. The fourth-order valence-electron chi connectivity index (χ4n) is 4.21. The van der Waals surface area contributed by atoms with Gasteiger partial charge in [0.25, 0.3) is 10.0 Å². The average molecular weight is 458 g/mol. The van der Waals surface area contributed by atoms with Gasteiger partial charge in [0.05, 0.1) is 10.4 Å². The van der Waals surface area contributed by atoms with Crippen molar-refractivity contribution in [3.63, 3.8) is 0 Å². The Labute approximate surface area is 185 Å². The third-order valence-corrected chi connectivity index (χ3v) is 7.64. The number of nitrogens with zero attached hydrogens (tertiary/aromatic N) is 3. The Morgan fingerprint density at radius 1 is 1.00 bits per heavy atom. The lowest BCUT2D eigenvalue weighted by Crippen LogP contribution is -2.65. The van der Waals surface area contributed by atoms with Crippen LogP contribution in [0.4, 0.5) is 4.79 Å². The van der Waals surface area contributed by atoms with Gasteiger partial charge in [-0.3, -0.25) is 9.80 Å². The topological polar surface area (TPSA) is 120 Å². The number of fused-ring (bicyclic) bond motifs is 1. The molecule has 0 spiro atoms. The van der Waals surface area contributed by atoms with Gasteiger partial charge in [-0.2, -0.15) is 0 Å². The summed E-state index contributed by atoms with van der Waals surface area (Å²) >= 11 is 0. The zero-order chi connectivity index (χ0) is 23.1. The highest BCUT2D eigenvalue weighted by atomic mass is 32.2. The molecule has 2 aromatic carbocycles.